The fourth-order valence-electron chi connectivity index (χ4n) is 10.4. The van der Waals surface area contributed by atoms with Crippen molar-refractivity contribution in [1.29, 1.82) is 0 Å². The van der Waals surface area contributed by atoms with Crippen molar-refractivity contribution < 1.29 is 4.79 Å². The lowest BCUT2D eigenvalue weighted by molar-refractivity contribution is -0.131. The Bertz CT molecular complexity index is 1020. The molecule has 4 rings (SSSR count). The minimum absolute atomic E-state index is 0. The van der Waals surface area contributed by atoms with Gasteiger partial charge >= 0.3 is 0 Å². The van der Waals surface area contributed by atoms with Gasteiger partial charge in [-0.25, -0.2) is 0 Å². The number of carbonyl (C=O) groups is 1. The van der Waals surface area contributed by atoms with E-state index in [0.717, 1.165) is 54.1 Å². The van der Waals surface area contributed by atoms with Gasteiger partial charge in [0.25, 0.3) is 0 Å². The molecule has 8 heteroatoms. The zero-order chi connectivity index (χ0) is 33.9. The smallest absolute Gasteiger partial charge is 0.223 e. The number of nitrogens with zero attached hydrogens (tertiary/aromatic N) is 1. The Hall–Kier alpha value is 0.410. The molecule has 8 atom stereocenters. The van der Waals surface area contributed by atoms with E-state index in [9.17, 15) is 4.79 Å². The molecule has 0 spiro atoms. The van der Waals surface area contributed by atoms with Crippen LogP contribution in [-0.2, 0) is 4.79 Å². The minimum atomic E-state index is -0.271. The van der Waals surface area contributed by atoms with Crippen LogP contribution in [0.5, 0.6) is 0 Å². The van der Waals surface area contributed by atoms with Crippen LogP contribution in [-0.4, -0.2) is 46.0 Å². The molecular weight excluding hydrogens is 674 g/mol. The van der Waals surface area contributed by atoms with E-state index in [1.165, 1.54) is 70.6 Å². The number of amides is 1. The number of allylic oxidation sites excluding steroid dienone is 2. The molecule has 0 aromatic carbocycles. The van der Waals surface area contributed by atoms with Gasteiger partial charge < -0.3 is 16.4 Å². The van der Waals surface area contributed by atoms with Gasteiger partial charge in [-0.15, -0.1) is 24.8 Å². The van der Waals surface area contributed by atoms with Gasteiger partial charge in [0, 0.05) is 41.6 Å². The second kappa shape index (κ2) is 18.4. The van der Waals surface area contributed by atoms with Crippen LogP contribution in [0.25, 0.3) is 0 Å². The molecule has 48 heavy (non-hydrogen) atoms. The maximum atomic E-state index is 13.2. The molecular formula is C40H75Cl2N3OS2. The Morgan fingerprint density at radius 3 is 2.19 bits per heavy atom. The van der Waals surface area contributed by atoms with Crippen molar-refractivity contribution in [1.82, 2.24) is 4.90 Å². The van der Waals surface area contributed by atoms with Gasteiger partial charge in [0.1, 0.15) is 0 Å². The maximum absolute atomic E-state index is 13.2. The van der Waals surface area contributed by atoms with Crippen molar-refractivity contribution in [2.75, 3.05) is 18.8 Å². The SMILES string of the molecule is CC(C)CCCC(C)[C@H]1CC[C@H]2[C@@H]3CC=C4C[C@@H](SSCCC(=O)N(CCC(C)(C)N)CCC(C)(C)N)CC[C@]4(C)[C@H]3CC[C@]12C.Cl.Cl. The Balaban J connectivity index is 0.00000400. The molecule has 0 bridgehead atoms. The highest BCUT2D eigenvalue weighted by atomic mass is 35.5. The van der Waals surface area contributed by atoms with Crippen molar-refractivity contribution in [2.24, 2.45) is 57.8 Å². The van der Waals surface area contributed by atoms with Crippen molar-refractivity contribution in [2.45, 2.75) is 169 Å². The summed E-state index contributed by atoms with van der Waals surface area (Å²) in [6.45, 7) is 22.3. The Kier molecular flexibility index (Phi) is 17.1. The number of carbonyl (C=O) groups excluding carboxylic acids is 1. The van der Waals surface area contributed by atoms with Crippen molar-refractivity contribution in [3.05, 3.63) is 11.6 Å². The molecule has 0 saturated heterocycles. The molecule has 0 aromatic rings. The topological polar surface area (TPSA) is 72.3 Å². The average molecular weight is 749 g/mol. The summed E-state index contributed by atoms with van der Waals surface area (Å²) in [5.41, 5.74) is 14.7. The van der Waals surface area contributed by atoms with Gasteiger partial charge in [-0.05, 0) is 138 Å². The Morgan fingerprint density at radius 1 is 0.938 bits per heavy atom. The summed E-state index contributed by atoms with van der Waals surface area (Å²) in [6, 6.07) is 0. The van der Waals surface area contributed by atoms with Crippen LogP contribution in [0.3, 0.4) is 0 Å². The first kappa shape index (κ1) is 44.6. The van der Waals surface area contributed by atoms with E-state index in [1.54, 1.807) is 5.57 Å². The van der Waals surface area contributed by atoms with E-state index in [-0.39, 0.29) is 41.8 Å². The standard InChI is InChI=1S/C40H73N3OS2.2ClH/c1-28(2)11-10-12-29(3)33-15-16-34-32-14-13-30-27-31(17-20-39(30,8)35(32)18-21-40(33,34)9)46-45-26-19-36(44)43(24-22-37(4,5)41)25-23-38(6,7)42;;/h13,28-29,31-35H,10-12,14-27,41-42H2,1-9H3;2*1H/t29?,31-,32-,33+,34-,35-,39-,40+;;/m0../s1. The largest absolute Gasteiger partial charge is 0.343 e. The normalized spacial score (nSPS) is 32.2. The third-order valence-electron chi connectivity index (χ3n) is 13.3. The molecule has 0 aliphatic heterocycles. The van der Waals surface area contributed by atoms with Gasteiger partial charge in [0.2, 0.25) is 5.91 Å². The summed E-state index contributed by atoms with van der Waals surface area (Å²) in [5, 5.41) is 0.680. The van der Waals surface area contributed by atoms with Gasteiger partial charge in [-0.3, -0.25) is 4.79 Å². The third kappa shape index (κ3) is 11.5. The van der Waals surface area contributed by atoms with Crippen molar-refractivity contribution in [3.63, 3.8) is 0 Å². The molecule has 0 aromatic heterocycles. The highest BCUT2D eigenvalue weighted by Gasteiger charge is 2.59. The second-order valence-electron chi connectivity index (χ2n) is 18.7. The zero-order valence-electron chi connectivity index (χ0n) is 32.3. The maximum Gasteiger partial charge on any atom is 0.223 e. The molecule has 4 N–H and O–H groups in total. The lowest BCUT2D eigenvalue weighted by Crippen LogP contribution is -2.50. The number of hydrogen-bond acceptors (Lipinski definition) is 5. The van der Waals surface area contributed by atoms with Crippen LogP contribution in [0.15, 0.2) is 11.6 Å². The van der Waals surface area contributed by atoms with Crippen molar-refractivity contribution in [3.8, 4) is 0 Å². The third-order valence-corrected chi connectivity index (χ3v) is 16.2. The first-order valence-corrected chi connectivity index (χ1v) is 21.6. The number of nitrogens with two attached hydrogens (primary N) is 2. The molecule has 4 aliphatic rings. The highest BCUT2D eigenvalue weighted by molar-refractivity contribution is 8.76. The minimum Gasteiger partial charge on any atom is -0.343 e. The average Bonchev–Trinajstić information content (AvgIpc) is 3.31. The Morgan fingerprint density at radius 2 is 1.58 bits per heavy atom. The van der Waals surface area contributed by atoms with Gasteiger partial charge in [0.15, 0.2) is 0 Å². The first-order valence-electron chi connectivity index (χ1n) is 19.3. The number of halogens is 2. The van der Waals surface area contributed by atoms with Crippen LogP contribution >= 0.6 is 46.4 Å². The van der Waals surface area contributed by atoms with Crippen molar-refractivity contribution >= 4 is 52.3 Å². The van der Waals surface area contributed by atoms with Gasteiger partial charge in [0.05, 0.1) is 0 Å². The van der Waals surface area contributed by atoms with Crippen LogP contribution in [0.2, 0.25) is 0 Å². The summed E-state index contributed by atoms with van der Waals surface area (Å²) >= 11 is 0. The number of rotatable bonds is 16. The zero-order valence-corrected chi connectivity index (χ0v) is 35.5. The van der Waals surface area contributed by atoms with E-state index in [0.29, 0.717) is 35.6 Å². The number of fused-ring (bicyclic) bond motifs is 5. The Labute approximate surface area is 317 Å². The first-order chi connectivity index (χ1) is 21.4. The molecule has 4 aliphatic carbocycles. The van der Waals surface area contributed by atoms with Gasteiger partial charge in [-0.2, -0.15) is 0 Å². The highest BCUT2D eigenvalue weighted by Crippen LogP contribution is 2.67. The summed E-state index contributed by atoms with van der Waals surface area (Å²) in [4.78, 5) is 15.2. The van der Waals surface area contributed by atoms with Crippen LogP contribution in [0.4, 0.5) is 0 Å². The predicted octanol–water partition coefficient (Wildman–Crippen LogP) is 11.1. The molecule has 282 valence electrons. The van der Waals surface area contributed by atoms with Crippen LogP contribution in [0, 0.1) is 46.3 Å². The fourth-order valence-corrected chi connectivity index (χ4v) is 13.0. The molecule has 4 nitrogen and oxygen atoms in total. The number of hydrogen-bond donors (Lipinski definition) is 2. The lowest BCUT2D eigenvalue weighted by Gasteiger charge is -2.58. The lowest BCUT2D eigenvalue weighted by atomic mass is 9.47. The van der Waals surface area contributed by atoms with E-state index in [4.69, 9.17) is 11.5 Å². The van der Waals surface area contributed by atoms with E-state index >= 15 is 0 Å². The summed E-state index contributed by atoms with van der Waals surface area (Å²) in [6.07, 6.45) is 20.3. The molecule has 1 amide bonds. The quantitative estimate of drug-likeness (QED) is 0.0934. The van der Waals surface area contributed by atoms with Gasteiger partial charge in [-0.1, -0.05) is 87.1 Å². The van der Waals surface area contributed by atoms with E-state index < -0.39 is 0 Å². The summed E-state index contributed by atoms with van der Waals surface area (Å²) in [7, 11) is 3.99. The fraction of sp³-hybridized carbons (Fsp3) is 0.925. The molecule has 0 radical (unpaired) electrons. The summed E-state index contributed by atoms with van der Waals surface area (Å²) in [5.74, 6) is 6.52. The molecule has 0 heterocycles. The van der Waals surface area contributed by atoms with E-state index in [1.807, 2.05) is 43.4 Å². The monoisotopic (exact) mass is 747 g/mol. The van der Waals surface area contributed by atoms with Crippen LogP contribution < -0.4 is 11.5 Å². The molecule has 3 saturated carbocycles. The molecule has 1 unspecified atom stereocenters. The second-order valence-corrected chi connectivity index (χ2v) is 21.5. The predicted molar refractivity (Wildman–Crippen MR) is 218 cm³/mol. The van der Waals surface area contributed by atoms with E-state index in [2.05, 4.69) is 51.5 Å². The summed E-state index contributed by atoms with van der Waals surface area (Å²) < 4.78 is 0. The molecule has 3 fully saturated rings. The van der Waals surface area contributed by atoms with Crippen LogP contribution in [0.1, 0.15) is 152 Å².